The van der Waals surface area contributed by atoms with Crippen LogP contribution in [0.4, 0.5) is 5.13 Å². The van der Waals surface area contributed by atoms with Crippen LogP contribution >= 0.6 is 23.1 Å². The number of para-hydroxylation sites is 1. The van der Waals surface area contributed by atoms with Crippen LogP contribution in [0.3, 0.4) is 0 Å². The summed E-state index contributed by atoms with van der Waals surface area (Å²) in [5.74, 6) is 3.29. The molecule has 0 atom stereocenters. The highest BCUT2D eigenvalue weighted by Gasteiger charge is 2.11. The lowest BCUT2D eigenvalue weighted by atomic mass is 10.1. The summed E-state index contributed by atoms with van der Waals surface area (Å²) in [6, 6.07) is 7.73. The van der Waals surface area contributed by atoms with E-state index in [1.807, 2.05) is 24.3 Å². The molecule has 0 unspecified atom stereocenters. The molecule has 6 nitrogen and oxygen atoms in total. The normalized spacial score (nSPS) is 11.0. The third-order valence-corrected chi connectivity index (χ3v) is 6.12. The number of nitrogens with zero attached hydrogens (tertiary/aromatic N) is 2. The van der Waals surface area contributed by atoms with E-state index in [1.54, 1.807) is 31.3 Å². The number of hydrogen-bond acceptors (Lipinski definition) is 7. The van der Waals surface area contributed by atoms with E-state index in [1.165, 1.54) is 11.3 Å². The number of hydrogen-bond donors (Lipinski definition) is 1. The molecule has 8 heteroatoms. The van der Waals surface area contributed by atoms with Crippen molar-refractivity contribution in [2.45, 2.75) is 42.6 Å². The molecule has 0 saturated carbocycles. The third kappa shape index (κ3) is 5.59. The van der Waals surface area contributed by atoms with E-state index in [9.17, 15) is 4.79 Å². The standard InChI is InChI=1S/C20H23N3O3S2/c1-13(2)16-10-21-18(26-16)12-27-19-11-22-20(28-19)23-17(24)9-8-14-6-4-5-7-15(14)25-3/h4-7,10-11,13H,8-9,12H2,1-3H3,(H,22,23,24). The number of aromatic nitrogens is 2. The molecule has 2 heterocycles. The summed E-state index contributed by atoms with van der Waals surface area (Å²) < 4.78 is 12.0. The van der Waals surface area contributed by atoms with Crippen molar-refractivity contribution in [3.05, 3.63) is 53.9 Å². The van der Waals surface area contributed by atoms with E-state index in [4.69, 9.17) is 9.15 Å². The topological polar surface area (TPSA) is 77.2 Å². The average Bonchev–Trinajstić information content (AvgIpc) is 3.34. The second-order valence-corrected chi connectivity index (χ2v) is 8.75. The summed E-state index contributed by atoms with van der Waals surface area (Å²) >= 11 is 3.04. The van der Waals surface area contributed by atoms with Gasteiger partial charge in [-0.15, -0.1) is 11.8 Å². The molecule has 0 spiro atoms. The molecule has 0 saturated heterocycles. The van der Waals surface area contributed by atoms with Gasteiger partial charge in [0.15, 0.2) is 5.13 Å². The zero-order chi connectivity index (χ0) is 19.9. The monoisotopic (exact) mass is 417 g/mol. The fourth-order valence-electron chi connectivity index (χ4n) is 2.51. The highest BCUT2D eigenvalue weighted by atomic mass is 32.2. The smallest absolute Gasteiger partial charge is 0.226 e. The number of thioether (sulfide) groups is 1. The van der Waals surface area contributed by atoms with Gasteiger partial charge in [0.25, 0.3) is 0 Å². The zero-order valence-corrected chi connectivity index (χ0v) is 17.7. The molecule has 0 fully saturated rings. The van der Waals surface area contributed by atoms with Gasteiger partial charge in [-0.05, 0) is 18.1 Å². The van der Waals surface area contributed by atoms with Crippen molar-refractivity contribution >= 4 is 34.1 Å². The molecule has 0 radical (unpaired) electrons. The number of nitrogens with one attached hydrogen (secondary N) is 1. The zero-order valence-electron chi connectivity index (χ0n) is 16.1. The van der Waals surface area contributed by atoms with Gasteiger partial charge in [-0.1, -0.05) is 43.4 Å². The highest BCUT2D eigenvalue weighted by Crippen LogP contribution is 2.31. The summed E-state index contributed by atoms with van der Waals surface area (Å²) in [5, 5.41) is 3.46. The van der Waals surface area contributed by atoms with Gasteiger partial charge in [-0.3, -0.25) is 4.79 Å². The van der Waals surface area contributed by atoms with Crippen molar-refractivity contribution in [3.8, 4) is 5.75 Å². The molecule has 2 aromatic heterocycles. The van der Waals surface area contributed by atoms with Crippen molar-refractivity contribution in [1.82, 2.24) is 9.97 Å². The number of amides is 1. The lowest BCUT2D eigenvalue weighted by Crippen LogP contribution is -2.12. The predicted molar refractivity (Wildman–Crippen MR) is 112 cm³/mol. The summed E-state index contributed by atoms with van der Waals surface area (Å²) in [6.07, 6.45) is 4.53. The van der Waals surface area contributed by atoms with E-state index < -0.39 is 0 Å². The SMILES string of the molecule is COc1ccccc1CCC(=O)Nc1ncc(SCc2ncc(C(C)C)o2)s1. The summed E-state index contributed by atoms with van der Waals surface area (Å²) in [5.41, 5.74) is 1.02. The van der Waals surface area contributed by atoms with Crippen molar-refractivity contribution in [2.24, 2.45) is 0 Å². The summed E-state index contributed by atoms with van der Waals surface area (Å²) in [6.45, 7) is 4.15. The average molecular weight is 418 g/mol. The minimum atomic E-state index is -0.0638. The van der Waals surface area contributed by atoms with E-state index in [0.29, 0.717) is 35.5 Å². The van der Waals surface area contributed by atoms with E-state index >= 15 is 0 Å². The molecule has 3 aromatic rings. The number of carbonyl (C=O) groups excluding carboxylic acids is 1. The van der Waals surface area contributed by atoms with Crippen LogP contribution in [0.2, 0.25) is 0 Å². The summed E-state index contributed by atoms with van der Waals surface area (Å²) in [4.78, 5) is 20.8. The Bertz CT molecular complexity index is 921. The van der Waals surface area contributed by atoms with E-state index in [2.05, 4.69) is 29.1 Å². The van der Waals surface area contributed by atoms with Crippen LogP contribution in [0.5, 0.6) is 5.75 Å². The first-order valence-electron chi connectivity index (χ1n) is 9.00. The van der Waals surface area contributed by atoms with Gasteiger partial charge in [-0.2, -0.15) is 0 Å². The molecule has 0 aliphatic carbocycles. The Morgan fingerprint density at radius 3 is 2.86 bits per heavy atom. The number of ether oxygens (including phenoxy) is 1. The van der Waals surface area contributed by atoms with Crippen LogP contribution in [-0.2, 0) is 17.0 Å². The van der Waals surface area contributed by atoms with Crippen LogP contribution in [0, 0.1) is 0 Å². The Morgan fingerprint density at radius 1 is 1.29 bits per heavy atom. The molecule has 3 rings (SSSR count). The van der Waals surface area contributed by atoms with Crippen molar-refractivity contribution in [3.63, 3.8) is 0 Å². The third-order valence-electron chi connectivity index (χ3n) is 4.02. The number of oxazole rings is 1. The predicted octanol–water partition coefficient (Wildman–Crippen LogP) is 5.13. The molecule has 28 heavy (non-hydrogen) atoms. The molecule has 1 amide bonds. The quantitative estimate of drug-likeness (QED) is 0.487. The largest absolute Gasteiger partial charge is 0.496 e. The molecular formula is C20H23N3O3S2. The first-order chi connectivity index (χ1) is 13.5. The Kier molecular flexibility index (Phi) is 7.11. The maximum Gasteiger partial charge on any atom is 0.226 e. The molecule has 148 valence electrons. The van der Waals surface area contributed by atoms with Crippen LogP contribution in [0.25, 0.3) is 0 Å². The Balaban J connectivity index is 1.47. The van der Waals surface area contributed by atoms with Gasteiger partial charge in [0, 0.05) is 12.3 Å². The minimum absolute atomic E-state index is 0.0638. The van der Waals surface area contributed by atoms with Gasteiger partial charge in [0.05, 0.1) is 29.5 Å². The number of thiazole rings is 1. The van der Waals surface area contributed by atoms with Crippen molar-refractivity contribution < 1.29 is 13.9 Å². The number of rotatable bonds is 9. The first-order valence-corrected chi connectivity index (χ1v) is 10.8. The lowest BCUT2D eigenvalue weighted by molar-refractivity contribution is -0.116. The van der Waals surface area contributed by atoms with Gasteiger partial charge in [0.2, 0.25) is 11.8 Å². The maximum atomic E-state index is 12.2. The molecule has 0 bridgehead atoms. The van der Waals surface area contributed by atoms with Crippen LogP contribution in [-0.4, -0.2) is 23.0 Å². The highest BCUT2D eigenvalue weighted by molar-refractivity contribution is 8.00. The molecule has 0 aliphatic rings. The Labute approximate surface area is 172 Å². The number of methoxy groups -OCH3 is 1. The van der Waals surface area contributed by atoms with Gasteiger partial charge in [-0.25, -0.2) is 9.97 Å². The van der Waals surface area contributed by atoms with Gasteiger partial charge >= 0.3 is 0 Å². The number of carbonyl (C=O) groups is 1. The van der Waals surface area contributed by atoms with Gasteiger partial charge < -0.3 is 14.5 Å². The molecule has 1 N–H and O–H groups in total. The second kappa shape index (κ2) is 9.75. The Morgan fingerprint density at radius 2 is 2.11 bits per heavy atom. The van der Waals surface area contributed by atoms with Gasteiger partial charge in [0.1, 0.15) is 11.5 Å². The van der Waals surface area contributed by atoms with Crippen LogP contribution in [0.15, 0.2) is 45.3 Å². The number of anilines is 1. The Hall–Kier alpha value is -2.32. The molecule has 0 aliphatic heterocycles. The minimum Gasteiger partial charge on any atom is -0.496 e. The fourth-order valence-corrected chi connectivity index (χ4v) is 4.26. The molecule has 1 aromatic carbocycles. The second-order valence-electron chi connectivity index (χ2n) is 6.44. The van der Waals surface area contributed by atoms with Crippen LogP contribution < -0.4 is 10.1 Å². The van der Waals surface area contributed by atoms with Crippen LogP contribution in [0.1, 0.15) is 43.4 Å². The maximum absolute atomic E-state index is 12.2. The first kappa shape index (κ1) is 20.4. The summed E-state index contributed by atoms with van der Waals surface area (Å²) in [7, 11) is 1.63. The van der Waals surface area contributed by atoms with Crippen molar-refractivity contribution in [1.29, 1.82) is 0 Å². The van der Waals surface area contributed by atoms with E-state index in [0.717, 1.165) is 21.3 Å². The molecular weight excluding hydrogens is 394 g/mol. The fraction of sp³-hybridized carbons (Fsp3) is 0.350. The number of aryl methyl sites for hydroxylation is 1. The lowest BCUT2D eigenvalue weighted by Gasteiger charge is -2.07. The van der Waals surface area contributed by atoms with Crippen molar-refractivity contribution in [2.75, 3.05) is 12.4 Å². The van der Waals surface area contributed by atoms with E-state index in [-0.39, 0.29) is 5.91 Å². The number of benzene rings is 1.